The lowest BCUT2D eigenvalue weighted by molar-refractivity contribution is -0.126. The zero-order valence-corrected chi connectivity index (χ0v) is 17.4. The van der Waals surface area contributed by atoms with Crippen molar-refractivity contribution >= 4 is 15.9 Å². The van der Waals surface area contributed by atoms with Crippen LogP contribution in [0.15, 0.2) is 17.0 Å². The number of sulfonamides is 1. The van der Waals surface area contributed by atoms with Crippen LogP contribution in [0.4, 0.5) is 0 Å². The van der Waals surface area contributed by atoms with Crippen LogP contribution in [0, 0.1) is 32.6 Å². The monoisotopic (exact) mass is 380 g/mol. The second-order valence-electron chi connectivity index (χ2n) is 7.90. The van der Waals surface area contributed by atoms with Crippen molar-refractivity contribution in [3.63, 3.8) is 0 Å². The number of carbonyl (C=O) groups is 1. The summed E-state index contributed by atoms with van der Waals surface area (Å²) in [6, 6.07) is 3.81. The molecule has 0 unspecified atom stereocenters. The van der Waals surface area contributed by atoms with Gasteiger partial charge in [0.2, 0.25) is 15.9 Å². The molecule has 1 amide bonds. The van der Waals surface area contributed by atoms with E-state index in [4.69, 9.17) is 0 Å². The molecule has 1 aromatic carbocycles. The van der Waals surface area contributed by atoms with Crippen LogP contribution in [0.2, 0.25) is 0 Å². The topological polar surface area (TPSA) is 66.5 Å². The molecule has 146 valence electrons. The van der Waals surface area contributed by atoms with Gasteiger partial charge in [0.25, 0.3) is 0 Å². The average Bonchev–Trinajstić information content (AvgIpc) is 2.53. The van der Waals surface area contributed by atoms with Gasteiger partial charge in [-0.25, -0.2) is 8.42 Å². The average molecular weight is 381 g/mol. The van der Waals surface area contributed by atoms with Crippen molar-refractivity contribution in [1.29, 1.82) is 0 Å². The number of benzene rings is 1. The highest BCUT2D eigenvalue weighted by Gasteiger charge is 2.34. The van der Waals surface area contributed by atoms with Crippen molar-refractivity contribution in [2.75, 3.05) is 19.6 Å². The van der Waals surface area contributed by atoms with Crippen molar-refractivity contribution < 1.29 is 13.2 Å². The van der Waals surface area contributed by atoms with E-state index in [1.54, 1.807) is 0 Å². The van der Waals surface area contributed by atoms with Gasteiger partial charge in [-0.05, 0) is 57.1 Å². The zero-order chi connectivity index (χ0) is 19.5. The van der Waals surface area contributed by atoms with Crippen LogP contribution in [-0.2, 0) is 14.8 Å². The van der Waals surface area contributed by atoms with Crippen LogP contribution in [-0.4, -0.2) is 38.3 Å². The van der Waals surface area contributed by atoms with Gasteiger partial charge in [-0.3, -0.25) is 4.79 Å². The SMILES string of the molecule is Cc1cc(C)c(S(=O)(=O)N2CCC[C@H](C(=O)NCCC(C)C)C2)c(C)c1. The molecule has 1 heterocycles. The highest BCUT2D eigenvalue weighted by molar-refractivity contribution is 7.89. The Morgan fingerprint density at radius 1 is 1.23 bits per heavy atom. The van der Waals surface area contributed by atoms with Crippen molar-refractivity contribution in [2.45, 2.75) is 58.8 Å². The second-order valence-corrected chi connectivity index (χ2v) is 9.78. The molecule has 0 bridgehead atoms. The number of hydrogen-bond donors (Lipinski definition) is 1. The Balaban J connectivity index is 2.14. The molecule has 0 aliphatic carbocycles. The van der Waals surface area contributed by atoms with E-state index in [1.807, 2.05) is 32.9 Å². The lowest BCUT2D eigenvalue weighted by atomic mass is 9.98. The van der Waals surface area contributed by atoms with Crippen molar-refractivity contribution in [1.82, 2.24) is 9.62 Å². The molecule has 0 radical (unpaired) electrons. The van der Waals surface area contributed by atoms with Crippen LogP contribution in [0.1, 0.15) is 49.8 Å². The maximum Gasteiger partial charge on any atom is 0.243 e. The van der Waals surface area contributed by atoms with Gasteiger partial charge in [-0.15, -0.1) is 0 Å². The van der Waals surface area contributed by atoms with Gasteiger partial charge in [-0.1, -0.05) is 31.5 Å². The lowest BCUT2D eigenvalue weighted by Gasteiger charge is -2.32. The first-order chi connectivity index (χ1) is 12.1. The van der Waals surface area contributed by atoms with E-state index in [-0.39, 0.29) is 18.4 Å². The summed E-state index contributed by atoms with van der Waals surface area (Å²) in [6.07, 6.45) is 2.39. The van der Waals surface area contributed by atoms with E-state index in [0.29, 0.717) is 30.3 Å². The first-order valence-corrected chi connectivity index (χ1v) is 10.9. The molecule has 1 aliphatic heterocycles. The molecule has 1 N–H and O–H groups in total. The van der Waals surface area contributed by atoms with Gasteiger partial charge in [0.1, 0.15) is 0 Å². The number of nitrogens with one attached hydrogen (secondary N) is 1. The molecule has 2 rings (SSSR count). The number of rotatable bonds is 6. The van der Waals surface area contributed by atoms with Crippen molar-refractivity contribution in [3.05, 3.63) is 28.8 Å². The first-order valence-electron chi connectivity index (χ1n) is 9.48. The standard InChI is InChI=1S/C20H32N2O3S/c1-14(2)8-9-21-20(23)18-7-6-10-22(13-18)26(24,25)19-16(4)11-15(3)12-17(19)5/h11-12,14,18H,6-10,13H2,1-5H3,(H,21,23)/t18-/m0/s1. The summed E-state index contributed by atoms with van der Waals surface area (Å²) in [5.74, 6) is 0.241. The zero-order valence-electron chi connectivity index (χ0n) is 16.6. The van der Waals surface area contributed by atoms with Gasteiger partial charge < -0.3 is 5.32 Å². The molecule has 0 spiro atoms. The third-order valence-corrected chi connectivity index (χ3v) is 7.15. The summed E-state index contributed by atoms with van der Waals surface area (Å²) in [4.78, 5) is 12.8. The Bertz CT molecular complexity index is 733. The van der Waals surface area contributed by atoms with Crippen molar-refractivity contribution in [2.24, 2.45) is 11.8 Å². The van der Waals surface area contributed by atoms with Gasteiger partial charge in [0, 0.05) is 19.6 Å². The van der Waals surface area contributed by atoms with Gasteiger partial charge in [-0.2, -0.15) is 4.31 Å². The minimum absolute atomic E-state index is 0.0251. The predicted molar refractivity (Wildman–Crippen MR) is 105 cm³/mol. The van der Waals surface area contributed by atoms with Gasteiger partial charge in [0.05, 0.1) is 10.8 Å². The fraction of sp³-hybridized carbons (Fsp3) is 0.650. The highest BCUT2D eigenvalue weighted by Crippen LogP contribution is 2.28. The Hall–Kier alpha value is -1.40. The van der Waals surface area contributed by atoms with Gasteiger partial charge in [0.15, 0.2) is 0 Å². The summed E-state index contributed by atoms with van der Waals surface area (Å²) >= 11 is 0. The molecule has 0 saturated carbocycles. The molecule has 1 atom stereocenters. The Morgan fingerprint density at radius 3 is 2.42 bits per heavy atom. The molecule has 6 heteroatoms. The largest absolute Gasteiger partial charge is 0.356 e. The van der Waals surface area contributed by atoms with E-state index in [9.17, 15) is 13.2 Å². The first kappa shape index (κ1) is 20.9. The number of amides is 1. The summed E-state index contributed by atoms with van der Waals surface area (Å²) < 4.78 is 27.9. The molecule has 5 nitrogen and oxygen atoms in total. The number of nitrogens with zero attached hydrogens (tertiary/aromatic N) is 1. The van der Waals surface area contributed by atoms with Crippen LogP contribution in [0.3, 0.4) is 0 Å². The molecule has 1 aromatic rings. The van der Waals surface area contributed by atoms with E-state index >= 15 is 0 Å². The lowest BCUT2D eigenvalue weighted by Crippen LogP contribution is -2.45. The number of piperidine rings is 1. The fourth-order valence-corrected chi connectivity index (χ4v) is 5.64. The van der Waals surface area contributed by atoms with E-state index in [0.717, 1.165) is 29.5 Å². The van der Waals surface area contributed by atoms with Crippen LogP contribution in [0.5, 0.6) is 0 Å². The Morgan fingerprint density at radius 2 is 1.85 bits per heavy atom. The fourth-order valence-electron chi connectivity index (χ4n) is 3.71. The molecular formula is C20H32N2O3S. The number of aryl methyl sites for hydroxylation is 3. The minimum atomic E-state index is -3.59. The summed E-state index contributed by atoms with van der Waals surface area (Å²) in [5, 5.41) is 2.97. The predicted octanol–water partition coefficient (Wildman–Crippen LogP) is 3.17. The number of hydrogen-bond acceptors (Lipinski definition) is 3. The highest BCUT2D eigenvalue weighted by atomic mass is 32.2. The van der Waals surface area contributed by atoms with Crippen LogP contribution < -0.4 is 5.32 Å². The van der Waals surface area contributed by atoms with Crippen LogP contribution >= 0.6 is 0 Å². The Kier molecular flexibility index (Phi) is 6.86. The smallest absolute Gasteiger partial charge is 0.243 e. The van der Waals surface area contributed by atoms with E-state index < -0.39 is 10.0 Å². The van der Waals surface area contributed by atoms with Crippen molar-refractivity contribution in [3.8, 4) is 0 Å². The second kappa shape index (κ2) is 8.53. The summed E-state index contributed by atoms with van der Waals surface area (Å²) in [5.41, 5.74) is 2.59. The third-order valence-electron chi connectivity index (χ3n) is 4.98. The molecule has 1 aliphatic rings. The molecular weight excluding hydrogens is 348 g/mol. The quantitative estimate of drug-likeness (QED) is 0.824. The Labute approximate surface area is 158 Å². The van der Waals surface area contributed by atoms with E-state index in [2.05, 4.69) is 19.2 Å². The summed E-state index contributed by atoms with van der Waals surface area (Å²) in [6.45, 7) is 11.3. The maximum absolute atomic E-state index is 13.2. The van der Waals surface area contributed by atoms with Gasteiger partial charge >= 0.3 is 0 Å². The molecule has 1 saturated heterocycles. The number of carbonyl (C=O) groups excluding carboxylic acids is 1. The van der Waals surface area contributed by atoms with E-state index in [1.165, 1.54) is 4.31 Å². The molecule has 1 fully saturated rings. The third kappa shape index (κ3) is 4.86. The molecule has 0 aromatic heterocycles. The maximum atomic E-state index is 13.2. The minimum Gasteiger partial charge on any atom is -0.356 e. The molecule has 26 heavy (non-hydrogen) atoms. The summed E-state index contributed by atoms with van der Waals surface area (Å²) in [7, 11) is -3.59. The van der Waals surface area contributed by atoms with Crippen LogP contribution in [0.25, 0.3) is 0 Å². The normalized spacial score (nSPS) is 18.9.